The van der Waals surface area contributed by atoms with E-state index >= 15 is 0 Å². The van der Waals surface area contributed by atoms with Crippen LogP contribution in [0.15, 0.2) is 146 Å². The van der Waals surface area contributed by atoms with Gasteiger partial charge in [0.15, 0.2) is 11.5 Å². The van der Waals surface area contributed by atoms with Gasteiger partial charge in [0.1, 0.15) is 17.8 Å². The number of hydrogen-bond acceptors (Lipinski definition) is 7. The highest BCUT2D eigenvalue weighted by Gasteiger charge is 2.31. The Labute approximate surface area is 390 Å². The smallest absolute Gasteiger partial charge is 0.416 e. The van der Waals surface area contributed by atoms with Crippen molar-refractivity contribution in [3.8, 4) is 17.2 Å². The Morgan fingerprint density at radius 1 is 0.552 bits per heavy atom. The maximum atomic E-state index is 13.5. The van der Waals surface area contributed by atoms with Crippen LogP contribution >= 0.6 is 11.6 Å². The van der Waals surface area contributed by atoms with E-state index in [4.69, 9.17) is 37.3 Å². The second-order valence-corrected chi connectivity index (χ2v) is 15.4. The van der Waals surface area contributed by atoms with Crippen LogP contribution in [-0.2, 0) is 34.8 Å². The Balaban J connectivity index is 0.000000252. The van der Waals surface area contributed by atoms with Crippen molar-refractivity contribution in [2.75, 3.05) is 43.2 Å². The van der Waals surface area contributed by atoms with Crippen molar-refractivity contribution in [2.24, 2.45) is 11.5 Å². The fourth-order valence-corrected chi connectivity index (χ4v) is 7.16. The average Bonchev–Trinajstić information content (AvgIpc) is 3.32. The Hall–Kier alpha value is -6.55. The molecule has 2 amide bonds. The van der Waals surface area contributed by atoms with Crippen molar-refractivity contribution < 1.29 is 50.1 Å². The molecule has 0 saturated heterocycles. The minimum Gasteiger partial charge on any atom is -0.495 e. The zero-order chi connectivity index (χ0) is 48.7. The fraction of sp³-hybridized carbons (Fsp3) is 0.255. The van der Waals surface area contributed by atoms with Crippen molar-refractivity contribution in [2.45, 2.75) is 51.1 Å². The Morgan fingerprint density at radius 3 is 1.31 bits per heavy atom. The number of nitrogens with two attached hydrogens (primary N) is 2. The molecule has 9 nitrogen and oxygen atoms in total. The standard InChI is InChI=1S/C27H29F3N2O3.C24H22ClF3N2O2/c1-3-34-23-15-14-22(18-24(23)35-4-2)32(26(33)25(31)20-8-6-5-7-9-20)17-16-19-10-12-21(13-11-19)27(28,29)30;1-32-21-12-11-19(15-20(21)25)30(23(31)22(29)17-5-3-2-4-6-17)14-13-16-7-9-18(10-8-16)24(26,27)28/h5-15,18,25H,3-4,16-17,31H2,1-2H3;2-12,15,22H,13-14,29H2,1H3. The second kappa shape index (κ2) is 23.8. The molecule has 4 N–H and O–H groups in total. The van der Waals surface area contributed by atoms with Gasteiger partial charge in [-0.1, -0.05) is 96.5 Å². The van der Waals surface area contributed by atoms with Gasteiger partial charge in [0.2, 0.25) is 11.8 Å². The third kappa shape index (κ3) is 14.2. The monoisotopic (exact) mass is 948 g/mol. The molecule has 0 aromatic heterocycles. The summed E-state index contributed by atoms with van der Waals surface area (Å²) >= 11 is 6.25. The van der Waals surface area contributed by atoms with E-state index < -0.39 is 35.6 Å². The van der Waals surface area contributed by atoms with Crippen molar-refractivity contribution in [3.05, 3.63) is 184 Å². The van der Waals surface area contributed by atoms with Gasteiger partial charge < -0.3 is 35.5 Å². The quantitative estimate of drug-likeness (QED) is 0.0874. The molecule has 2 unspecified atom stereocenters. The maximum Gasteiger partial charge on any atom is 0.416 e. The lowest BCUT2D eigenvalue weighted by Gasteiger charge is -2.27. The molecule has 0 aliphatic heterocycles. The summed E-state index contributed by atoms with van der Waals surface area (Å²) in [5.41, 5.74) is 14.8. The first-order valence-corrected chi connectivity index (χ1v) is 21.6. The predicted octanol–water partition coefficient (Wildman–Crippen LogP) is 11.4. The first-order chi connectivity index (χ1) is 31.9. The van der Waals surface area contributed by atoms with Gasteiger partial charge in [-0.3, -0.25) is 9.59 Å². The van der Waals surface area contributed by atoms with Gasteiger partial charge in [-0.25, -0.2) is 0 Å². The summed E-state index contributed by atoms with van der Waals surface area (Å²) in [4.78, 5) is 29.8. The number of carbonyl (C=O) groups is 2. The van der Waals surface area contributed by atoms with E-state index in [0.29, 0.717) is 82.0 Å². The van der Waals surface area contributed by atoms with Crippen LogP contribution in [0.5, 0.6) is 17.2 Å². The average molecular weight is 949 g/mol. The van der Waals surface area contributed by atoms with E-state index in [1.807, 2.05) is 26.0 Å². The van der Waals surface area contributed by atoms with Crippen LogP contribution < -0.4 is 35.5 Å². The van der Waals surface area contributed by atoms with E-state index in [9.17, 15) is 35.9 Å². The number of rotatable bonds is 17. The summed E-state index contributed by atoms with van der Waals surface area (Å²) in [5.74, 6) is 0.810. The van der Waals surface area contributed by atoms with Gasteiger partial charge in [-0.15, -0.1) is 0 Å². The van der Waals surface area contributed by atoms with Crippen LogP contribution in [-0.4, -0.2) is 45.2 Å². The lowest BCUT2D eigenvalue weighted by Crippen LogP contribution is -2.40. The largest absolute Gasteiger partial charge is 0.495 e. The number of hydrogen-bond donors (Lipinski definition) is 2. The summed E-state index contributed by atoms with van der Waals surface area (Å²) in [6, 6.07) is 36.0. The van der Waals surface area contributed by atoms with E-state index in [2.05, 4.69) is 0 Å². The molecule has 6 aromatic rings. The number of ether oxygens (including phenoxy) is 3. The lowest BCUT2D eigenvalue weighted by atomic mass is 10.0. The zero-order valence-corrected chi connectivity index (χ0v) is 37.7. The third-order valence-electron chi connectivity index (χ3n) is 10.5. The number of nitrogens with zero attached hydrogens (tertiary/aromatic N) is 2. The van der Waals surface area contributed by atoms with E-state index in [1.54, 1.807) is 84.9 Å². The summed E-state index contributed by atoms with van der Waals surface area (Å²) in [6.45, 7) is 4.99. The van der Waals surface area contributed by atoms with Gasteiger partial charge in [0, 0.05) is 30.5 Å². The van der Waals surface area contributed by atoms with Gasteiger partial charge in [0.25, 0.3) is 0 Å². The summed E-state index contributed by atoms with van der Waals surface area (Å²) in [7, 11) is 1.49. The van der Waals surface area contributed by atoms with Crippen LogP contribution in [0.2, 0.25) is 5.02 Å². The van der Waals surface area contributed by atoms with Gasteiger partial charge in [-0.05, 0) is 104 Å². The number of anilines is 2. The van der Waals surface area contributed by atoms with Crippen molar-refractivity contribution >= 4 is 34.8 Å². The Bertz CT molecular complexity index is 2510. The van der Waals surface area contributed by atoms with E-state index in [-0.39, 0.29) is 24.9 Å². The van der Waals surface area contributed by atoms with E-state index in [1.165, 1.54) is 41.2 Å². The van der Waals surface area contributed by atoms with Crippen LogP contribution in [0.1, 0.15) is 59.3 Å². The van der Waals surface area contributed by atoms with Crippen LogP contribution in [0, 0.1) is 0 Å². The molecule has 67 heavy (non-hydrogen) atoms. The van der Waals surface area contributed by atoms with Crippen LogP contribution in [0.25, 0.3) is 0 Å². The van der Waals surface area contributed by atoms with Gasteiger partial charge >= 0.3 is 12.4 Å². The van der Waals surface area contributed by atoms with Gasteiger partial charge in [0.05, 0.1) is 36.5 Å². The highest BCUT2D eigenvalue weighted by molar-refractivity contribution is 6.32. The topological polar surface area (TPSA) is 120 Å². The Morgan fingerprint density at radius 2 is 0.940 bits per heavy atom. The molecule has 0 aliphatic carbocycles. The summed E-state index contributed by atoms with van der Waals surface area (Å²) in [6.07, 6.45) is -8.14. The van der Waals surface area contributed by atoms with Crippen LogP contribution in [0.4, 0.5) is 37.7 Å². The number of benzene rings is 6. The third-order valence-corrected chi connectivity index (χ3v) is 10.8. The Kier molecular flexibility index (Phi) is 18.2. The van der Waals surface area contributed by atoms with Crippen molar-refractivity contribution in [1.29, 1.82) is 0 Å². The molecule has 0 heterocycles. The molecule has 16 heteroatoms. The van der Waals surface area contributed by atoms with Gasteiger partial charge in [-0.2, -0.15) is 26.3 Å². The first kappa shape index (κ1) is 51.4. The summed E-state index contributed by atoms with van der Waals surface area (Å²) < 4.78 is 93.7. The van der Waals surface area contributed by atoms with Crippen molar-refractivity contribution in [1.82, 2.24) is 0 Å². The number of alkyl halides is 6. The minimum atomic E-state index is -4.40. The molecule has 0 fully saturated rings. The minimum absolute atomic E-state index is 0.202. The molecule has 2 atom stereocenters. The molecule has 354 valence electrons. The van der Waals surface area contributed by atoms with Crippen molar-refractivity contribution in [3.63, 3.8) is 0 Å². The summed E-state index contributed by atoms with van der Waals surface area (Å²) in [5, 5.41) is 0.325. The van der Waals surface area contributed by atoms with E-state index in [0.717, 1.165) is 24.3 Å². The molecule has 0 bridgehead atoms. The molecule has 6 aromatic carbocycles. The van der Waals surface area contributed by atoms with Crippen LogP contribution in [0.3, 0.4) is 0 Å². The maximum absolute atomic E-state index is 13.5. The first-order valence-electron chi connectivity index (χ1n) is 21.2. The predicted molar refractivity (Wildman–Crippen MR) is 249 cm³/mol. The fourth-order valence-electron chi connectivity index (χ4n) is 6.91. The lowest BCUT2D eigenvalue weighted by molar-refractivity contribution is -0.138. The molecule has 0 spiro atoms. The molecular weight excluding hydrogens is 898 g/mol. The number of amides is 2. The molecule has 0 radical (unpaired) electrons. The normalized spacial score (nSPS) is 12.2. The zero-order valence-electron chi connectivity index (χ0n) is 37.0. The number of methoxy groups -OCH3 is 1. The number of halogens is 7. The second-order valence-electron chi connectivity index (χ2n) is 15.0. The molecule has 0 aliphatic rings. The number of carbonyl (C=O) groups excluding carboxylic acids is 2. The SMILES string of the molecule is CCOc1ccc(N(CCc2ccc(C(F)(F)F)cc2)C(=O)C(N)c2ccccc2)cc1OCC.COc1ccc(N(CCc2ccc(C(F)(F)F)cc2)C(=O)C(N)c2ccccc2)cc1Cl. The highest BCUT2D eigenvalue weighted by Crippen LogP contribution is 2.35. The molecule has 0 saturated carbocycles. The molecule has 6 rings (SSSR count). The molecular formula is C51H51ClF6N4O5. The highest BCUT2D eigenvalue weighted by atomic mass is 35.5.